The molecule has 0 aliphatic heterocycles. The van der Waals surface area contributed by atoms with Crippen LogP contribution in [0.3, 0.4) is 0 Å². The Kier molecular flexibility index (Phi) is 6.56. The highest BCUT2D eigenvalue weighted by Crippen LogP contribution is 2.18. The molecular formula is C17H27N3O2. The lowest BCUT2D eigenvalue weighted by atomic mass is 10.0. The first-order valence-corrected chi connectivity index (χ1v) is 7.63. The maximum atomic E-state index is 11.9. The van der Waals surface area contributed by atoms with Gasteiger partial charge in [0.1, 0.15) is 0 Å². The molecule has 0 aliphatic carbocycles. The topological polar surface area (TPSA) is 70.2 Å². The zero-order chi connectivity index (χ0) is 16.8. The molecule has 0 saturated heterocycles. The summed E-state index contributed by atoms with van der Waals surface area (Å²) in [7, 11) is 0. The molecule has 0 unspecified atom stereocenters. The average Bonchev–Trinajstić information content (AvgIpc) is 2.47. The molecule has 0 atom stereocenters. The lowest BCUT2D eigenvalue weighted by molar-refractivity contribution is -0.123. The van der Waals surface area contributed by atoms with Gasteiger partial charge in [0, 0.05) is 11.2 Å². The van der Waals surface area contributed by atoms with E-state index in [1.165, 1.54) is 0 Å². The number of nitrogens with one attached hydrogen (secondary N) is 3. The summed E-state index contributed by atoms with van der Waals surface area (Å²) in [4.78, 5) is 23.7. The first-order chi connectivity index (χ1) is 10.2. The fourth-order valence-electron chi connectivity index (χ4n) is 1.88. The molecule has 3 N–H and O–H groups in total. The molecule has 1 rings (SSSR count). The maximum Gasteiger partial charge on any atom is 0.243 e. The molecule has 0 saturated carbocycles. The third kappa shape index (κ3) is 5.85. The second-order valence-electron chi connectivity index (χ2n) is 6.18. The van der Waals surface area contributed by atoms with Gasteiger partial charge in [-0.05, 0) is 45.2 Å². The Morgan fingerprint density at radius 1 is 1.05 bits per heavy atom. The fourth-order valence-corrected chi connectivity index (χ4v) is 1.88. The van der Waals surface area contributed by atoms with Crippen LogP contribution in [0.5, 0.6) is 0 Å². The van der Waals surface area contributed by atoms with Gasteiger partial charge in [-0.25, -0.2) is 0 Å². The van der Waals surface area contributed by atoms with Crippen LogP contribution in [0.15, 0.2) is 18.2 Å². The summed E-state index contributed by atoms with van der Waals surface area (Å²) >= 11 is 0. The minimum atomic E-state index is -0.222. The summed E-state index contributed by atoms with van der Waals surface area (Å²) in [6, 6.07) is 5.83. The van der Waals surface area contributed by atoms with E-state index in [1.807, 2.05) is 45.9 Å². The maximum absolute atomic E-state index is 11.9. The number of amides is 2. The fraction of sp³-hybridized carbons (Fsp3) is 0.529. The lowest BCUT2D eigenvalue weighted by Gasteiger charge is -2.24. The Bertz CT molecular complexity index is 518. The van der Waals surface area contributed by atoms with Crippen molar-refractivity contribution < 1.29 is 9.59 Å². The molecule has 0 bridgehead atoms. The Balaban J connectivity index is 2.42. The van der Waals surface area contributed by atoms with Crippen LogP contribution in [-0.4, -0.2) is 30.4 Å². The molecule has 1 aromatic carbocycles. The second kappa shape index (κ2) is 7.94. The average molecular weight is 305 g/mol. The number of benzene rings is 1. The molecule has 22 heavy (non-hydrogen) atoms. The molecule has 5 nitrogen and oxygen atoms in total. The third-order valence-corrected chi connectivity index (χ3v) is 3.80. The zero-order valence-electron chi connectivity index (χ0n) is 14.2. The standard InChI is InChI=1S/C17H27N3O2/c1-6-17(4,5)19-11-14(21)18-10-15(22)20-16-12(2)8-7-9-13(16)3/h7-9,19H,6,10-11H2,1-5H3,(H,18,21)(H,20,22). The van der Waals surface area contributed by atoms with Crippen molar-refractivity contribution in [2.24, 2.45) is 0 Å². The molecule has 122 valence electrons. The zero-order valence-corrected chi connectivity index (χ0v) is 14.2. The van der Waals surface area contributed by atoms with Crippen LogP contribution in [0.4, 0.5) is 5.69 Å². The van der Waals surface area contributed by atoms with Crippen LogP contribution in [0.25, 0.3) is 0 Å². The monoisotopic (exact) mass is 305 g/mol. The molecule has 1 aromatic rings. The van der Waals surface area contributed by atoms with Gasteiger partial charge in [0.25, 0.3) is 0 Å². The van der Waals surface area contributed by atoms with Gasteiger partial charge in [-0.3, -0.25) is 9.59 Å². The summed E-state index contributed by atoms with van der Waals surface area (Å²) < 4.78 is 0. The lowest BCUT2D eigenvalue weighted by Crippen LogP contribution is -2.46. The van der Waals surface area contributed by atoms with E-state index >= 15 is 0 Å². The van der Waals surface area contributed by atoms with E-state index in [1.54, 1.807) is 0 Å². The summed E-state index contributed by atoms with van der Waals surface area (Å²) in [6.45, 7) is 10.2. The molecule has 0 spiro atoms. The van der Waals surface area contributed by atoms with E-state index in [-0.39, 0.29) is 30.4 Å². The van der Waals surface area contributed by atoms with E-state index in [0.29, 0.717) is 0 Å². The third-order valence-electron chi connectivity index (χ3n) is 3.80. The quantitative estimate of drug-likeness (QED) is 0.723. The van der Waals surface area contributed by atoms with E-state index in [4.69, 9.17) is 0 Å². The first-order valence-electron chi connectivity index (χ1n) is 7.63. The minimum absolute atomic E-state index is 0.0269. The van der Waals surface area contributed by atoms with Crippen molar-refractivity contribution in [3.63, 3.8) is 0 Å². The SMILES string of the molecule is CCC(C)(C)NCC(=O)NCC(=O)Nc1c(C)cccc1C. The van der Waals surface area contributed by atoms with E-state index < -0.39 is 0 Å². The highest BCUT2D eigenvalue weighted by Gasteiger charge is 2.15. The molecule has 5 heteroatoms. The highest BCUT2D eigenvalue weighted by molar-refractivity contribution is 5.95. The van der Waals surface area contributed by atoms with Crippen LogP contribution in [0.1, 0.15) is 38.3 Å². The van der Waals surface area contributed by atoms with Crippen molar-refractivity contribution in [3.05, 3.63) is 29.3 Å². The molecule has 2 amide bonds. The van der Waals surface area contributed by atoms with Crippen LogP contribution in [0, 0.1) is 13.8 Å². The Morgan fingerprint density at radius 2 is 1.64 bits per heavy atom. The summed E-state index contributed by atoms with van der Waals surface area (Å²) in [5.41, 5.74) is 2.74. The number of hydrogen-bond acceptors (Lipinski definition) is 3. The van der Waals surface area contributed by atoms with Gasteiger partial charge in [-0.2, -0.15) is 0 Å². The number of hydrogen-bond donors (Lipinski definition) is 3. The predicted octanol–water partition coefficient (Wildman–Crippen LogP) is 2.14. The highest BCUT2D eigenvalue weighted by atomic mass is 16.2. The summed E-state index contributed by atoms with van der Waals surface area (Å²) in [5, 5.41) is 8.62. The molecule has 0 fully saturated rings. The van der Waals surface area contributed by atoms with Crippen LogP contribution in [-0.2, 0) is 9.59 Å². The molecular weight excluding hydrogens is 278 g/mol. The van der Waals surface area contributed by atoms with E-state index in [2.05, 4.69) is 22.9 Å². The number of para-hydroxylation sites is 1. The first kappa shape index (κ1) is 18.2. The van der Waals surface area contributed by atoms with Crippen molar-refractivity contribution in [3.8, 4) is 0 Å². The predicted molar refractivity (Wildman–Crippen MR) is 89.9 cm³/mol. The summed E-state index contributed by atoms with van der Waals surface area (Å²) in [6.07, 6.45) is 0.924. The van der Waals surface area contributed by atoms with Crippen molar-refractivity contribution in [2.75, 3.05) is 18.4 Å². The van der Waals surface area contributed by atoms with Crippen LogP contribution in [0.2, 0.25) is 0 Å². The van der Waals surface area contributed by atoms with Crippen LogP contribution < -0.4 is 16.0 Å². The second-order valence-corrected chi connectivity index (χ2v) is 6.18. The van der Waals surface area contributed by atoms with Gasteiger partial charge < -0.3 is 16.0 Å². The molecule has 0 aromatic heterocycles. The molecule has 0 heterocycles. The Hall–Kier alpha value is -1.88. The van der Waals surface area contributed by atoms with Gasteiger partial charge in [0.05, 0.1) is 13.1 Å². The van der Waals surface area contributed by atoms with Gasteiger partial charge in [-0.15, -0.1) is 0 Å². The van der Waals surface area contributed by atoms with Crippen molar-refractivity contribution in [1.29, 1.82) is 0 Å². The van der Waals surface area contributed by atoms with Crippen molar-refractivity contribution >= 4 is 17.5 Å². The molecule has 0 aliphatic rings. The molecule has 0 radical (unpaired) electrons. The smallest absolute Gasteiger partial charge is 0.243 e. The van der Waals surface area contributed by atoms with Gasteiger partial charge in [0.15, 0.2) is 0 Å². The van der Waals surface area contributed by atoms with Crippen LogP contribution >= 0.6 is 0 Å². The number of carbonyl (C=O) groups is 2. The van der Waals surface area contributed by atoms with Gasteiger partial charge in [0.2, 0.25) is 11.8 Å². The van der Waals surface area contributed by atoms with Crippen molar-refractivity contribution in [1.82, 2.24) is 10.6 Å². The van der Waals surface area contributed by atoms with E-state index in [0.717, 1.165) is 23.2 Å². The Morgan fingerprint density at radius 3 is 2.18 bits per heavy atom. The normalized spacial score (nSPS) is 11.1. The number of rotatable bonds is 7. The number of anilines is 1. The summed E-state index contributed by atoms with van der Waals surface area (Å²) in [5.74, 6) is -0.404. The van der Waals surface area contributed by atoms with Gasteiger partial charge >= 0.3 is 0 Å². The van der Waals surface area contributed by atoms with Crippen molar-refractivity contribution in [2.45, 2.75) is 46.6 Å². The Labute approximate surface area is 132 Å². The largest absolute Gasteiger partial charge is 0.346 e. The van der Waals surface area contributed by atoms with Gasteiger partial charge in [-0.1, -0.05) is 25.1 Å². The number of aryl methyl sites for hydroxylation is 2. The number of carbonyl (C=O) groups excluding carboxylic acids is 2. The van der Waals surface area contributed by atoms with E-state index in [9.17, 15) is 9.59 Å². The minimum Gasteiger partial charge on any atom is -0.346 e.